The number of methoxy groups -OCH3 is 3. The predicted octanol–water partition coefficient (Wildman–Crippen LogP) is 2.67. The number of nitrogens with zero attached hydrogens (tertiary/aromatic N) is 1. The van der Waals surface area contributed by atoms with Crippen molar-refractivity contribution in [3.63, 3.8) is 0 Å². The number of carbonyl (C=O) groups excluding carboxylic acids is 1. The number of rotatable bonds is 4. The van der Waals surface area contributed by atoms with Gasteiger partial charge in [0.1, 0.15) is 5.75 Å². The number of hydrogen-bond donors (Lipinski definition) is 2. The summed E-state index contributed by atoms with van der Waals surface area (Å²) in [6.45, 7) is 0. The number of fused-ring (bicyclic) bond motifs is 1. The van der Waals surface area contributed by atoms with Gasteiger partial charge in [-0.25, -0.2) is 0 Å². The monoisotopic (exact) mass is 330 g/mol. The van der Waals surface area contributed by atoms with E-state index in [1.54, 1.807) is 30.3 Å². The van der Waals surface area contributed by atoms with E-state index in [2.05, 4.69) is 5.32 Å². The third-order valence-electron chi connectivity index (χ3n) is 3.93. The molecule has 1 aliphatic rings. The molecule has 2 N–H and O–H groups in total. The molecule has 126 valence electrons. The van der Waals surface area contributed by atoms with E-state index in [-0.39, 0.29) is 0 Å². The maximum absolute atomic E-state index is 12.4. The van der Waals surface area contributed by atoms with Gasteiger partial charge in [0.05, 0.1) is 26.9 Å². The third kappa shape index (κ3) is 2.48. The van der Waals surface area contributed by atoms with Gasteiger partial charge in [-0.2, -0.15) is 5.06 Å². The van der Waals surface area contributed by atoms with Crippen LogP contribution in [0, 0.1) is 0 Å². The van der Waals surface area contributed by atoms with Crippen LogP contribution in [0.15, 0.2) is 36.4 Å². The topological polar surface area (TPSA) is 80.3 Å². The Morgan fingerprint density at radius 3 is 2.29 bits per heavy atom. The first-order valence-corrected chi connectivity index (χ1v) is 7.28. The lowest BCUT2D eigenvalue weighted by Gasteiger charge is -2.34. The number of hydroxylamine groups is 2. The first-order valence-electron chi connectivity index (χ1n) is 7.28. The molecule has 0 fully saturated rings. The van der Waals surface area contributed by atoms with Crippen molar-refractivity contribution in [3.05, 3.63) is 47.5 Å². The van der Waals surface area contributed by atoms with Gasteiger partial charge in [-0.15, -0.1) is 0 Å². The minimum atomic E-state index is -0.817. The predicted molar refractivity (Wildman–Crippen MR) is 86.9 cm³/mol. The molecule has 2 aromatic rings. The van der Waals surface area contributed by atoms with Gasteiger partial charge < -0.3 is 19.5 Å². The zero-order valence-corrected chi connectivity index (χ0v) is 13.6. The van der Waals surface area contributed by atoms with Gasteiger partial charge in [0, 0.05) is 17.3 Å². The summed E-state index contributed by atoms with van der Waals surface area (Å²) in [6, 6.07) is 10.3. The van der Waals surface area contributed by atoms with Crippen LogP contribution in [-0.2, 0) is 0 Å². The van der Waals surface area contributed by atoms with Crippen molar-refractivity contribution < 1.29 is 24.2 Å². The quantitative estimate of drug-likeness (QED) is 0.839. The summed E-state index contributed by atoms with van der Waals surface area (Å²) >= 11 is 0. The number of anilines is 1. The Hall–Kier alpha value is -2.93. The molecule has 0 aliphatic carbocycles. The van der Waals surface area contributed by atoms with E-state index in [9.17, 15) is 10.0 Å². The molecule has 3 rings (SSSR count). The van der Waals surface area contributed by atoms with Crippen molar-refractivity contribution >= 4 is 11.6 Å². The molecule has 24 heavy (non-hydrogen) atoms. The Morgan fingerprint density at radius 2 is 1.62 bits per heavy atom. The molecule has 7 nitrogen and oxygen atoms in total. The number of amides is 1. The summed E-state index contributed by atoms with van der Waals surface area (Å²) < 4.78 is 15.9. The van der Waals surface area contributed by atoms with Crippen LogP contribution in [0.3, 0.4) is 0 Å². The Balaban J connectivity index is 2.10. The highest BCUT2D eigenvalue weighted by atomic mass is 16.5. The zero-order valence-electron chi connectivity index (χ0n) is 13.6. The van der Waals surface area contributed by atoms with Gasteiger partial charge >= 0.3 is 0 Å². The van der Waals surface area contributed by atoms with E-state index < -0.39 is 12.1 Å². The highest BCUT2D eigenvalue weighted by Gasteiger charge is 2.34. The fourth-order valence-corrected chi connectivity index (χ4v) is 2.72. The molecule has 2 aromatic carbocycles. The lowest BCUT2D eigenvalue weighted by Crippen LogP contribution is -2.40. The van der Waals surface area contributed by atoms with Gasteiger partial charge in [0.15, 0.2) is 17.7 Å². The van der Waals surface area contributed by atoms with Gasteiger partial charge in [-0.05, 0) is 18.2 Å². The molecule has 0 radical (unpaired) electrons. The Labute approximate surface area is 139 Å². The zero-order chi connectivity index (χ0) is 17.3. The Kier molecular flexibility index (Phi) is 4.18. The summed E-state index contributed by atoms with van der Waals surface area (Å²) in [5, 5.41) is 14.1. The Morgan fingerprint density at radius 1 is 1.00 bits per heavy atom. The van der Waals surface area contributed by atoms with Crippen molar-refractivity contribution in [2.45, 2.75) is 6.17 Å². The standard InChI is InChI=1S/C17H18N2O5/c1-22-13-9-15(24-3)14(23-2)8-11(13)16-18-12-7-5-4-6-10(12)17(20)19(16)21/h4-9,16,18,21H,1-3H3. The van der Waals surface area contributed by atoms with Gasteiger partial charge in [-0.3, -0.25) is 10.0 Å². The largest absolute Gasteiger partial charge is 0.496 e. The number of nitrogens with one attached hydrogen (secondary N) is 1. The molecule has 0 bridgehead atoms. The van der Waals surface area contributed by atoms with Crippen LogP contribution in [0.2, 0.25) is 0 Å². The third-order valence-corrected chi connectivity index (χ3v) is 3.93. The number of ether oxygens (including phenoxy) is 3. The van der Waals surface area contributed by atoms with Crippen LogP contribution in [0.1, 0.15) is 22.1 Å². The van der Waals surface area contributed by atoms with E-state index in [1.807, 2.05) is 6.07 Å². The first kappa shape index (κ1) is 15.9. The van der Waals surface area contributed by atoms with Crippen molar-refractivity contribution in [3.8, 4) is 17.2 Å². The van der Waals surface area contributed by atoms with Crippen LogP contribution in [0.25, 0.3) is 0 Å². The highest BCUT2D eigenvalue weighted by Crippen LogP contribution is 2.41. The highest BCUT2D eigenvalue weighted by molar-refractivity contribution is 6.01. The normalized spacial score (nSPS) is 16.2. The first-order chi connectivity index (χ1) is 11.6. The minimum Gasteiger partial charge on any atom is -0.496 e. The van der Waals surface area contributed by atoms with Crippen molar-refractivity contribution in [2.75, 3.05) is 26.6 Å². The van der Waals surface area contributed by atoms with E-state index in [1.165, 1.54) is 21.3 Å². The van der Waals surface area contributed by atoms with Crippen LogP contribution in [0.5, 0.6) is 17.2 Å². The second-order valence-electron chi connectivity index (χ2n) is 5.19. The summed E-state index contributed by atoms with van der Waals surface area (Å²) in [6.07, 6.45) is -0.817. The number of para-hydroxylation sites is 1. The minimum absolute atomic E-state index is 0.399. The second-order valence-corrected chi connectivity index (χ2v) is 5.19. The smallest absolute Gasteiger partial charge is 0.281 e. The SMILES string of the molecule is COc1cc(OC)c(C2Nc3ccccc3C(=O)N2O)cc1OC. The van der Waals surface area contributed by atoms with Crippen molar-refractivity contribution in [2.24, 2.45) is 0 Å². The molecule has 1 aliphatic heterocycles. The van der Waals surface area contributed by atoms with Crippen LogP contribution in [-0.4, -0.2) is 37.5 Å². The fourth-order valence-electron chi connectivity index (χ4n) is 2.72. The van der Waals surface area contributed by atoms with Gasteiger partial charge in [-0.1, -0.05) is 12.1 Å². The van der Waals surface area contributed by atoms with Crippen molar-refractivity contribution in [1.82, 2.24) is 5.06 Å². The summed E-state index contributed by atoms with van der Waals surface area (Å²) in [5.74, 6) is 0.919. The molecule has 7 heteroatoms. The van der Waals surface area contributed by atoms with E-state index in [0.717, 1.165) is 0 Å². The van der Waals surface area contributed by atoms with Crippen LogP contribution < -0.4 is 19.5 Å². The van der Waals surface area contributed by atoms with E-state index in [4.69, 9.17) is 14.2 Å². The molecular formula is C17H18N2O5. The molecule has 1 amide bonds. The fraction of sp³-hybridized carbons (Fsp3) is 0.235. The van der Waals surface area contributed by atoms with Crippen molar-refractivity contribution in [1.29, 1.82) is 0 Å². The Bertz CT molecular complexity index is 778. The molecule has 0 saturated carbocycles. The molecule has 0 spiro atoms. The molecule has 1 atom stereocenters. The number of hydrogen-bond acceptors (Lipinski definition) is 6. The lowest BCUT2D eigenvalue weighted by atomic mass is 10.0. The van der Waals surface area contributed by atoms with Gasteiger partial charge in [0.2, 0.25) is 0 Å². The van der Waals surface area contributed by atoms with E-state index in [0.29, 0.717) is 39.1 Å². The van der Waals surface area contributed by atoms with E-state index >= 15 is 0 Å². The number of carbonyl (C=O) groups is 1. The summed E-state index contributed by atoms with van der Waals surface area (Å²) in [4.78, 5) is 12.4. The average Bonchev–Trinajstić information content (AvgIpc) is 2.63. The molecule has 0 saturated heterocycles. The number of benzene rings is 2. The summed E-state index contributed by atoms with van der Waals surface area (Å²) in [5.41, 5.74) is 1.57. The lowest BCUT2D eigenvalue weighted by molar-refractivity contribution is -0.0855. The maximum atomic E-state index is 12.4. The molecule has 1 unspecified atom stereocenters. The van der Waals surface area contributed by atoms with Crippen LogP contribution >= 0.6 is 0 Å². The van der Waals surface area contributed by atoms with Gasteiger partial charge in [0.25, 0.3) is 5.91 Å². The summed E-state index contributed by atoms with van der Waals surface area (Å²) in [7, 11) is 4.54. The molecule has 1 heterocycles. The molecule has 0 aromatic heterocycles. The maximum Gasteiger partial charge on any atom is 0.281 e. The average molecular weight is 330 g/mol. The molecular weight excluding hydrogens is 312 g/mol. The second kappa shape index (κ2) is 6.29. The van der Waals surface area contributed by atoms with Crippen LogP contribution in [0.4, 0.5) is 5.69 Å².